The summed E-state index contributed by atoms with van der Waals surface area (Å²) in [7, 11) is 0. The number of carbonyl (C=O) groups excluding carboxylic acids is 1. The zero-order valence-corrected chi connectivity index (χ0v) is 16.9. The van der Waals surface area contributed by atoms with Gasteiger partial charge in [0.15, 0.2) is 0 Å². The van der Waals surface area contributed by atoms with E-state index < -0.39 is 0 Å². The summed E-state index contributed by atoms with van der Waals surface area (Å²) in [6.07, 6.45) is 0. The molecule has 3 aromatic carbocycles. The van der Waals surface area contributed by atoms with Gasteiger partial charge in [0.25, 0.3) is 0 Å². The van der Waals surface area contributed by atoms with Gasteiger partial charge in [0.2, 0.25) is 5.91 Å². The molecule has 0 aliphatic carbocycles. The molecular formula is C24H27NO3. The number of para-hydroxylation sites is 1. The number of anilines is 1. The van der Waals surface area contributed by atoms with Gasteiger partial charge >= 0.3 is 0 Å². The minimum Gasteiger partial charge on any atom is -0.489 e. The lowest BCUT2D eigenvalue weighted by molar-refractivity contribution is -0.114. The number of ether oxygens (including phenoxy) is 2. The first kappa shape index (κ1) is 21.0. The Morgan fingerprint density at radius 1 is 0.857 bits per heavy atom. The molecule has 0 atom stereocenters. The number of aryl methyl sites for hydroxylation is 1. The van der Waals surface area contributed by atoms with Crippen molar-refractivity contribution in [2.75, 3.05) is 5.32 Å². The molecule has 0 aliphatic rings. The topological polar surface area (TPSA) is 47.6 Å². The van der Waals surface area contributed by atoms with Crippen molar-refractivity contribution >= 4 is 11.6 Å². The molecule has 0 spiro atoms. The van der Waals surface area contributed by atoms with Crippen LogP contribution in [0.3, 0.4) is 0 Å². The molecule has 1 N–H and O–H groups in total. The third-order valence-corrected chi connectivity index (χ3v) is 3.78. The van der Waals surface area contributed by atoms with Crippen molar-refractivity contribution in [3.05, 3.63) is 83.9 Å². The summed E-state index contributed by atoms with van der Waals surface area (Å²) in [5.74, 6) is 2.09. The molecule has 0 fully saturated rings. The maximum absolute atomic E-state index is 11.3. The average molecular weight is 377 g/mol. The number of hydrogen-bond acceptors (Lipinski definition) is 3. The SMILES string of the molecule is CC.CC(=O)Nc1ccccc1COc1cccc(Oc2ccc(C)cc2)c1. The summed E-state index contributed by atoms with van der Waals surface area (Å²) in [6.45, 7) is 7.88. The normalized spacial score (nSPS) is 9.71. The highest BCUT2D eigenvalue weighted by atomic mass is 16.5. The van der Waals surface area contributed by atoms with Gasteiger partial charge in [0.1, 0.15) is 23.9 Å². The number of nitrogens with one attached hydrogen (secondary N) is 1. The van der Waals surface area contributed by atoms with Crippen molar-refractivity contribution < 1.29 is 14.3 Å². The number of rotatable bonds is 6. The molecular weight excluding hydrogens is 350 g/mol. The van der Waals surface area contributed by atoms with Crippen LogP contribution in [0.25, 0.3) is 0 Å². The highest BCUT2D eigenvalue weighted by Crippen LogP contribution is 2.26. The molecule has 4 heteroatoms. The van der Waals surface area contributed by atoms with E-state index in [4.69, 9.17) is 9.47 Å². The maximum atomic E-state index is 11.3. The predicted molar refractivity (Wildman–Crippen MR) is 114 cm³/mol. The molecule has 28 heavy (non-hydrogen) atoms. The standard InChI is InChI=1S/C22H21NO3.C2H6/c1-16-10-12-19(13-11-16)26-21-8-5-7-20(14-21)25-15-18-6-3-4-9-22(18)23-17(2)24;1-2/h3-14H,15H2,1-2H3,(H,23,24);1-2H3. The Morgan fingerprint density at radius 3 is 2.25 bits per heavy atom. The molecule has 3 aromatic rings. The van der Waals surface area contributed by atoms with E-state index in [1.165, 1.54) is 12.5 Å². The average Bonchev–Trinajstić information content (AvgIpc) is 2.71. The Balaban J connectivity index is 0.00000136. The van der Waals surface area contributed by atoms with Crippen molar-refractivity contribution in [1.29, 1.82) is 0 Å². The summed E-state index contributed by atoms with van der Waals surface area (Å²) < 4.78 is 11.7. The second-order valence-corrected chi connectivity index (χ2v) is 6.02. The van der Waals surface area contributed by atoms with Crippen molar-refractivity contribution in [2.45, 2.75) is 34.3 Å². The zero-order valence-electron chi connectivity index (χ0n) is 16.9. The monoisotopic (exact) mass is 377 g/mol. The first-order valence-corrected chi connectivity index (χ1v) is 9.43. The Kier molecular flexibility index (Phi) is 8.10. The Hall–Kier alpha value is -3.27. The van der Waals surface area contributed by atoms with Gasteiger partial charge in [0, 0.05) is 24.2 Å². The van der Waals surface area contributed by atoms with E-state index in [1.54, 1.807) is 0 Å². The maximum Gasteiger partial charge on any atom is 0.221 e. The van der Waals surface area contributed by atoms with Gasteiger partial charge in [-0.25, -0.2) is 0 Å². The molecule has 0 radical (unpaired) electrons. The van der Waals surface area contributed by atoms with Crippen LogP contribution in [0.5, 0.6) is 17.2 Å². The minimum atomic E-state index is -0.106. The van der Waals surface area contributed by atoms with E-state index >= 15 is 0 Å². The van der Waals surface area contributed by atoms with Gasteiger partial charge in [-0.2, -0.15) is 0 Å². The lowest BCUT2D eigenvalue weighted by Gasteiger charge is -2.12. The van der Waals surface area contributed by atoms with Crippen molar-refractivity contribution in [1.82, 2.24) is 0 Å². The number of hydrogen-bond donors (Lipinski definition) is 1. The van der Waals surface area contributed by atoms with Crippen LogP contribution in [-0.2, 0) is 11.4 Å². The third-order valence-electron chi connectivity index (χ3n) is 3.78. The summed E-state index contributed by atoms with van der Waals surface area (Å²) in [4.78, 5) is 11.3. The second-order valence-electron chi connectivity index (χ2n) is 6.02. The number of benzene rings is 3. The van der Waals surface area contributed by atoms with Crippen LogP contribution < -0.4 is 14.8 Å². The molecule has 0 aromatic heterocycles. The molecule has 4 nitrogen and oxygen atoms in total. The van der Waals surface area contributed by atoms with Crippen molar-refractivity contribution in [3.8, 4) is 17.2 Å². The largest absolute Gasteiger partial charge is 0.489 e. The molecule has 0 saturated carbocycles. The minimum absolute atomic E-state index is 0.106. The van der Waals surface area contributed by atoms with Gasteiger partial charge in [-0.3, -0.25) is 4.79 Å². The second kappa shape index (κ2) is 10.8. The highest BCUT2D eigenvalue weighted by molar-refractivity contribution is 5.89. The zero-order chi connectivity index (χ0) is 20.4. The first-order valence-electron chi connectivity index (χ1n) is 9.43. The molecule has 0 saturated heterocycles. The number of carbonyl (C=O) groups is 1. The fraction of sp³-hybridized carbons (Fsp3) is 0.208. The summed E-state index contributed by atoms with van der Waals surface area (Å²) in [5, 5.41) is 2.81. The lowest BCUT2D eigenvalue weighted by Crippen LogP contribution is -2.09. The van der Waals surface area contributed by atoms with Gasteiger partial charge in [-0.05, 0) is 37.3 Å². The smallest absolute Gasteiger partial charge is 0.221 e. The summed E-state index contributed by atoms with van der Waals surface area (Å²) in [5.41, 5.74) is 2.85. The molecule has 0 aliphatic heterocycles. The van der Waals surface area contributed by atoms with E-state index in [-0.39, 0.29) is 5.91 Å². The molecule has 1 amide bonds. The fourth-order valence-corrected chi connectivity index (χ4v) is 2.49. The van der Waals surface area contributed by atoms with Crippen LogP contribution in [0.2, 0.25) is 0 Å². The molecule has 3 rings (SSSR count). The van der Waals surface area contributed by atoms with Crippen LogP contribution in [-0.4, -0.2) is 5.91 Å². The van der Waals surface area contributed by atoms with Crippen LogP contribution >= 0.6 is 0 Å². The van der Waals surface area contributed by atoms with Crippen LogP contribution in [0.4, 0.5) is 5.69 Å². The summed E-state index contributed by atoms with van der Waals surface area (Å²) in [6, 6.07) is 23.0. The van der Waals surface area contributed by atoms with Crippen molar-refractivity contribution in [3.63, 3.8) is 0 Å². The fourth-order valence-electron chi connectivity index (χ4n) is 2.49. The Labute approximate surface area is 167 Å². The molecule has 0 bridgehead atoms. The highest BCUT2D eigenvalue weighted by Gasteiger charge is 2.05. The van der Waals surface area contributed by atoms with Crippen LogP contribution in [0.1, 0.15) is 31.9 Å². The van der Waals surface area contributed by atoms with E-state index in [9.17, 15) is 4.79 Å². The van der Waals surface area contributed by atoms with Gasteiger partial charge in [-0.15, -0.1) is 0 Å². The lowest BCUT2D eigenvalue weighted by atomic mass is 10.2. The molecule has 146 valence electrons. The Bertz CT molecular complexity index is 888. The molecule has 0 unspecified atom stereocenters. The quantitative estimate of drug-likeness (QED) is 0.544. The predicted octanol–water partition coefficient (Wildman–Crippen LogP) is 6.35. The Morgan fingerprint density at radius 2 is 1.54 bits per heavy atom. The van der Waals surface area contributed by atoms with E-state index in [1.807, 2.05) is 93.6 Å². The number of amides is 1. The van der Waals surface area contributed by atoms with Crippen LogP contribution in [0.15, 0.2) is 72.8 Å². The van der Waals surface area contributed by atoms with Gasteiger partial charge < -0.3 is 14.8 Å². The first-order chi connectivity index (χ1) is 13.6. The van der Waals surface area contributed by atoms with E-state index in [0.717, 1.165) is 17.0 Å². The van der Waals surface area contributed by atoms with Crippen LogP contribution in [0, 0.1) is 6.92 Å². The van der Waals surface area contributed by atoms with E-state index in [0.29, 0.717) is 18.1 Å². The summed E-state index contributed by atoms with van der Waals surface area (Å²) >= 11 is 0. The third kappa shape index (κ3) is 6.47. The van der Waals surface area contributed by atoms with Crippen molar-refractivity contribution in [2.24, 2.45) is 0 Å². The molecule has 0 heterocycles. The van der Waals surface area contributed by atoms with Gasteiger partial charge in [-0.1, -0.05) is 55.8 Å². The van der Waals surface area contributed by atoms with E-state index in [2.05, 4.69) is 5.32 Å². The van der Waals surface area contributed by atoms with Gasteiger partial charge in [0.05, 0.1) is 0 Å².